The minimum absolute atomic E-state index is 0.260. The van der Waals surface area contributed by atoms with Crippen LogP contribution >= 0.6 is 0 Å². The van der Waals surface area contributed by atoms with Gasteiger partial charge in [0.15, 0.2) is 11.4 Å². The summed E-state index contributed by atoms with van der Waals surface area (Å²) < 4.78 is 16.4. The summed E-state index contributed by atoms with van der Waals surface area (Å²) in [6.45, 7) is 3.19. The van der Waals surface area contributed by atoms with Crippen molar-refractivity contribution >= 4 is 11.2 Å². The lowest BCUT2D eigenvalue weighted by molar-refractivity contribution is -0.0613. The van der Waals surface area contributed by atoms with Crippen molar-refractivity contribution < 1.29 is 13.9 Å². The molecule has 0 spiro atoms. The quantitative estimate of drug-likeness (QED) is 0.461. The van der Waals surface area contributed by atoms with E-state index in [1.165, 1.54) is 25.7 Å². The first-order valence-corrected chi connectivity index (χ1v) is 9.22. The summed E-state index contributed by atoms with van der Waals surface area (Å²) in [5.74, 6) is 1.96. The van der Waals surface area contributed by atoms with E-state index in [-0.39, 0.29) is 6.79 Å². The van der Waals surface area contributed by atoms with Gasteiger partial charge < -0.3 is 13.9 Å². The van der Waals surface area contributed by atoms with Crippen LogP contribution in [0, 0.1) is 0 Å². The normalized spacial score (nSPS) is 15.1. The average Bonchev–Trinajstić information content (AvgIpc) is 3.36. The van der Waals surface area contributed by atoms with Crippen molar-refractivity contribution in [1.82, 2.24) is 15.0 Å². The molecule has 0 aromatic carbocycles. The predicted molar refractivity (Wildman–Crippen MR) is 97.5 cm³/mol. The third kappa shape index (κ3) is 3.76. The lowest BCUT2D eigenvalue weighted by Crippen LogP contribution is -1.99. The Kier molecular flexibility index (Phi) is 5.22. The molecule has 0 unspecified atom stereocenters. The number of pyridine rings is 1. The lowest BCUT2D eigenvalue weighted by Gasteiger charge is -2.08. The van der Waals surface area contributed by atoms with Gasteiger partial charge >= 0.3 is 0 Å². The molecule has 6 nitrogen and oxygen atoms in total. The zero-order valence-corrected chi connectivity index (χ0v) is 15.0. The smallest absolute Gasteiger partial charge is 0.179 e. The fourth-order valence-corrected chi connectivity index (χ4v) is 3.36. The number of aromatic nitrogens is 3. The van der Waals surface area contributed by atoms with Crippen LogP contribution in [0.3, 0.4) is 0 Å². The van der Waals surface area contributed by atoms with Gasteiger partial charge in [-0.2, -0.15) is 0 Å². The van der Waals surface area contributed by atoms with Gasteiger partial charge in [-0.25, -0.2) is 9.97 Å². The molecule has 1 fully saturated rings. The van der Waals surface area contributed by atoms with Crippen LogP contribution in [0.2, 0.25) is 0 Å². The topological polar surface area (TPSA) is 70.3 Å². The van der Waals surface area contributed by atoms with E-state index in [0.29, 0.717) is 36.2 Å². The van der Waals surface area contributed by atoms with Gasteiger partial charge in [0.05, 0.1) is 6.20 Å². The molecule has 26 heavy (non-hydrogen) atoms. The summed E-state index contributed by atoms with van der Waals surface area (Å²) in [5, 5.41) is 0. The Morgan fingerprint density at radius 2 is 1.96 bits per heavy atom. The van der Waals surface area contributed by atoms with Crippen molar-refractivity contribution in [3.8, 4) is 11.5 Å². The van der Waals surface area contributed by atoms with Crippen LogP contribution < -0.4 is 0 Å². The third-order valence-electron chi connectivity index (χ3n) is 4.73. The largest absolute Gasteiger partial charge is 0.457 e. The summed E-state index contributed by atoms with van der Waals surface area (Å²) in [6.07, 6.45) is 6.74. The fraction of sp³-hybridized carbons (Fsp3) is 0.450. The van der Waals surface area contributed by atoms with Crippen LogP contribution in [0.4, 0.5) is 0 Å². The van der Waals surface area contributed by atoms with Crippen molar-refractivity contribution in [2.45, 2.75) is 45.1 Å². The Bertz CT molecular complexity index is 872. The first-order chi connectivity index (χ1) is 12.8. The Balaban J connectivity index is 1.53. The lowest BCUT2D eigenvalue weighted by atomic mass is 10.0. The molecule has 4 rings (SSSR count). The Hall–Kier alpha value is -2.31. The molecule has 0 N–H and O–H groups in total. The molecule has 0 atom stereocenters. The molecule has 1 aliphatic carbocycles. The molecule has 136 valence electrons. The van der Waals surface area contributed by atoms with Crippen LogP contribution in [0.25, 0.3) is 22.6 Å². The maximum Gasteiger partial charge on any atom is 0.179 e. The van der Waals surface area contributed by atoms with E-state index < -0.39 is 0 Å². The summed E-state index contributed by atoms with van der Waals surface area (Å²) in [4.78, 5) is 13.9. The van der Waals surface area contributed by atoms with Crippen molar-refractivity contribution in [1.29, 1.82) is 0 Å². The molecule has 0 bridgehead atoms. The molecule has 1 aliphatic rings. The number of nitrogens with zero attached hydrogens (tertiary/aromatic N) is 3. The van der Waals surface area contributed by atoms with Gasteiger partial charge in [-0.05, 0) is 44.0 Å². The van der Waals surface area contributed by atoms with Gasteiger partial charge in [0, 0.05) is 18.2 Å². The monoisotopic (exact) mass is 353 g/mol. The van der Waals surface area contributed by atoms with Crippen LogP contribution in [-0.4, -0.2) is 28.4 Å². The van der Waals surface area contributed by atoms with Crippen molar-refractivity contribution in [2.75, 3.05) is 13.4 Å². The van der Waals surface area contributed by atoms with E-state index in [0.717, 1.165) is 17.0 Å². The van der Waals surface area contributed by atoms with Gasteiger partial charge in [0.1, 0.15) is 30.4 Å². The molecular formula is C20H23N3O3. The maximum atomic E-state index is 5.82. The number of hydrogen-bond acceptors (Lipinski definition) is 6. The van der Waals surface area contributed by atoms with Gasteiger partial charge in [0.25, 0.3) is 0 Å². The summed E-state index contributed by atoms with van der Waals surface area (Å²) in [7, 11) is 0. The average molecular weight is 353 g/mol. The first-order valence-electron chi connectivity index (χ1n) is 9.22. The van der Waals surface area contributed by atoms with Crippen LogP contribution in [0.5, 0.6) is 0 Å². The highest BCUT2D eigenvalue weighted by molar-refractivity contribution is 5.72. The van der Waals surface area contributed by atoms with Crippen LogP contribution in [-0.2, 0) is 16.1 Å². The van der Waals surface area contributed by atoms with E-state index >= 15 is 0 Å². The molecule has 0 aliphatic heterocycles. The zero-order chi connectivity index (χ0) is 17.8. The third-order valence-corrected chi connectivity index (χ3v) is 4.73. The van der Waals surface area contributed by atoms with Crippen molar-refractivity contribution in [2.24, 2.45) is 0 Å². The Morgan fingerprint density at radius 3 is 2.81 bits per heavy atom. The van der Waals surface area contributed by atoms with Crippen molar-refractivity contribution in [3.05, 3.63) is 41.9 Å². The van der Waals surface area contributed by atoms with Gasteiger partial charge in [-0.15, -0.1) is 0 Å². The van der Waals surface area contributed by atoms with E-state index in [4.69, 9.17) is 18.9 Å². The van der Waals surface area contributed by atoms with E-state index in [9.17, 15) is 0 Å². The molecule has 3 aromatic heterocycles. The minimum Gasteiger partial charge on any atom is -0.457 e. The standard InChI is InChI=1S/C20H23N3O3/c1-2-24-13-25-12-15-7-10-19(26-15)18-11-21-17-9-8-16(22-20(17)23-18)14-5-3-4-6-14/h7-11,14H,2-6,12-13H2,1H3. The molecule has 3 heterocycles. The molecule has 0 saturated heterocycles. The second-order valence-corrected chi connectivity index (χ2v) is 6.54. The van der Waals surface area contributed by atoms with Crippen LogP contribution in [0.15, 0.2) is 34.9 Å². The highest BCUT2D eigenvalue weighted by atomic mass is 16.7. The van der Waals surface area contributed by atoms with Gasteiger partial charge in [0.2, 0.25) is 0 Å². The number of ether oxygens (including phenoxy) is 2. The van der Waals surface area contributed by atoms with E-state index in [1.807, 2.05) is 25.1 Å². The summed E-state index contributed by atoms with van der Waals surface area (Å²) in [6, 6.07) is 7.88. The number of furan rings is 1. The molecule has 1 saturated carbocycles. The van der Waals surface area contributed by atoms with Gasteiger partial charge in [-0.1, -0.05) is 12.8 Å². The zero-order valence-electron chi connectivity index (χ0n) is 15.0. The number of fused-ring (bicyclic) bond motifs is 1. The fourth-order valence-electron chi connectivity index (χ4n) is 3.36. The highest BCUT2D eigenvalue weighted by Crippen LogP contribution is 2.33. The second-order valence-electron chi connectivity index (χ2n) is 6.54. The minimum atomic E-state index is 0.260. The highest BCUT2D eigenvalue weighted by Gasteiger charge is 2.19. The second kappa shape index (κ2) is 7.93. The molecule has 6 heteroatoms. The Labute approximate surface area is 152 Å². The van der Waals surface area contributed by atoms with Crippen LogP contribution in [0.1, 0.15) is 50.0 Å². The first kappa shape index (κ1) is 17.1. The molecule has 0 amide bonds. The maximum absolute atomic E-state index is 5.82. The molecule has 3 aromatic rings. The van der Waals surface area contributed by atoms with Crippen molar-refractivity contribution in [3.63, 3.8) is 0 Å². The SMILES string of the molecule is CCOCOCc1ccc(-c2cnc3ccc(C4CCCC4)nc3n2)o1. The number of rotatable bonds is 7. The summed E-state index contributed by atoms with van der Waals surface area (Å²) in [5.41, 5.74) is 3.30. The summed E-state index contributed by atoms with van der Waals surface area (Å²) >= 11 is 0. The predicted octanol–water partition coefficient (Wildman–Crippen LogP) is 4.45. The van der Waals surface area contributed by atoms with Gasteiger partial charge in [-0.3, -0.25) is 4.98 Å². The van der Waals surface area contributed by atoms with E-state index in [1.54, 1.807) is 6.20 Å². The molecular weight excluding hydrogens is 330 g/mol. The number of hydrogen-bond donors (Lipinski definition) is 0. The molecule has 0 radical (unpaired) electrons. The van der Waals surface area contributed by atoms with E-state index in [2.05, 4.69) is 16.0 Å². The Morgan fingerprint density at radius 1 is 1.08 bits per heavy atom.